The first-order valence-corrected chi connectivity index (χ1v) is 8.35. The largest absolute Gasteiger partial charge is 0.491 e. The molecule has 23 heavy (non-hydrogen) atoms. The Kier molecular flexibility index (Phi) is 6.02. The van der Waals surface area contributed by atoms with Crippen LogP contribution in [0.25, 0.3) is 0 Å². The SMILES string of the molecule is CC(C)Oc1ccc(C(=O)N2C[C@@H](C)N(CCO)[C@@H](C)C2)cc1. The molecule has 1 heterocycles. The number of hydrogen-bond acceptors (Lipinski definition) is 4. The van der Waals surface area contributed by atoms with E-state index in [9.17, 15) is 4.79 Å². The van der Waals surface area contributed by atoms with Gasteiger partial charge in [-0.25, -0.2) is 0 Å². The van der Waals surface area contributed by atoms with Gasteiger partial charge in [-0.1, -0.05) is 0 Å². The molecule has 0 aliphatic carbocycles. The first kappa shape index (κ1) is 17.8. The first-order chi connectivity index (χ1) is 10.9. The van der Waals surface area contributed by atoms with Crippen LogP contribution in [0.3, 0.4) is 0 Å². The molecule has 1 saturated heterocycles. The van der Waals surface area contributed by atoms with Gasteiger partial charge in [-0.2, -0.15) is 0 Å². The zero-order chi connectivity index (χ0) is 17.0. The van der Waals surface area contributed by atoms with Gasteiger partial charge >= 0.3 is 0 Å². The minimum absolute atomic E-state index is 0.0587. The number of ether oxygens (including phenoxy) is 1. The van der Waals surface area contributed by atoms with E-state index in [1.165, 1.54) is 0 Å². The highest BCUT2D eigenvalue weighted by Crippen LogP contribution is 2.19. The zero-order valence-corrected chi connectivity index (χ0v) is 14.5. The summed E-state index contributed by atoms with van der Waals surface area (Å²) in [5, 5.41) is 9.16. The molecule has 2 atom stereocenters. The number of carbonyl (C=O) groups excluding carboxylic acids is 1. The van der Waals surface area contributed by atoms with Crippen molar-refractivity contribution in [2.45, 2.75) is 45.9 Å². The predicted octanol–water partition coefficient (Wildman–Crippen LogP) is 2.00. The van der Waals surface area contributed by atoms with Gasteiger partial charge in [-0.3, -0.25) is 9.69 Å². The number of amides is 1. The second-order valence-corrected chi connectivity index (χ2v) is 6.56. The molecule has 1 aliphatic heterocycles. The highest BCUT2D eigenvalue weighted by molar-refractivity contribution is 5.94. The fourth-order valence-corrected chi connectivity index (χ4v) is 3.21. The van der Waals surface area contributed by atoms with E-state index in [1.807, 2.05) is 43.0 Å². The summed E-state index contributed by atoms with van der Waals surface area (Å²) >= 11 is 0. The predicted molar refractivity (Wildman–Crippen MR) is 90.8 cm³/mol. The summed E-state index contributed by atoms with van der Waals surface area (Å²) in [6.45, 7) is 10.4. The number of nitrogens with zero attached hydrogens (tertiary/aromatic N) is 2. The highest BCUT2D eigenvalue weighted by Gasteiger charge is 2.31. The average molecular weight is 320 g/mol. The van der Waals surface area contributed by atoms with Crippen molar-refractivity contribution in [2.75, 3.05) is 26.2 Å². The Labute approximate surface area is 138 Å². The summed E-state index contributed by atoms with van der Waals surface area (Å²) in [5.41, 5.74) is 0.691. The Balaban J connectivity index is 2.03. The average Bonchev–Trinajstić information content (AvgIpc) is 2.50. The fraction of sp³-hybridized carbons (Fsp3) is 0.611. The van der Waals surface area contributed by atoms with Crippen molar-refractivity contribution in [1.82, 2.24) is 9.80 Å². The van der Waals surface area contributed by atoms with Crippen LogP contribution in [0, 0.1) is 0 Å². The van der Waals surface area contributed by atoms with Crippen molar-refractivity contribution in [2.24, 2.45) is 0 Å². The molecule has 1 fully saturated rings. The van der Waals surface area contributed by atoms with Crippen molar-refractivity contribution >= 4 is 5.91 Å². The number of rotatable bonds is 5. The van der Waals surface area contributed by atoms with E-state index in [0.717, 1.165) is 5.75 Å². The van der Waals surface area contributed by atoms with Crippen molar-refractivity contribution in [3.8, 4) is 5.75 Å². The molecular formula is C18H28N2O3. The van der Waals surface area contributed by atoms with E-state index >= 15 is 0 Å². The maximum absolute atomic E-state index is 12.7. The fourth-order valence-electron chi connectivity index (χ4n) is 3.21. The molecule has 5 heteroatoms. The van der Waals surface area contributed by atoms with Gasteiger partial charge in [-0.15, -0.1) is 0 Å². The third-order valence-corrected chi connectivity index (χ3v) is 4.22. The van der Waals surface area contributed by atoms with Gasteiger partial charge in [0.15, 0.2) is 0 Å². The molecule has 0 unspecified atom stereocenters. The van der Waals surface area contributed by atoms with Crippen LogP contribution < -0.4 is 4.74 Å². The summed E-state index contributed by atoms with van der Waals surface area (Å²) in [5.74, 6) is 0.842. The molecule has 0 bridgehead atoms. The van der Waals surface area contributed by atoms with Gasteiger partial charge in [0.25, 0.3) is 5.91 Å². The van der Waals surface area contributed by atoms with E-state index < -0.39 is 0 Å². The van der Waals surface area contributed by atoms with Gasteiger partial charge < -0.3 is 14.7 Å². The van der Waals surface area contributed by atoms with Crippen LogP contribution in [0.1, 0.15) is 38.1 Å². The number of carbonyl (C=O) groups is 1. The summed E-state index contributed by atoms with van der Waals surface area (Å²) in [4.78, 5) is 16.9. The maximum Gasteiger partial charge on any atom is 0.253 e. The Hall–Kier alpha value is -1.59. The second kappa shape index (κ2) is 7.79. The number of benzene rings is 1. The Bertz CT molecular complexity index is 504. The zero-order valence-electron chi connectivity index (χ0n) is 14.5. The lowest BCUT2D eigenvalue weighted by atomic mass is 10.1. The van der Waals surface area contributed by atoms with Crippen LogP contribution in [0.4, 0.5) is 0 Å². The van der Waals surface area contributed by atoms with Crippen LogP contribution in [0.5, 0.6) is 5.75 Å². The Morgan fingerprint density at radius 2 is 1.78 bits per heavy atom. The highest BCUT2D eigenvalue weighted by atomic mass is 16.5. The topological polar surface area (TPSA) is 53.0 Å². The monoisotopic (exact) mass is 320 g/mol. The molecular weight excluding hydrogens is 292 g/mol. The number of aliphatic hydroxyl groups is 1. The van der Waals surface area contributed by atoms with Crippen molar-refractivity contribution in [3.63, 3.8) is 0 Å². The lowest BCUT2D eigenvalue weighted by Gasteiger charge is -2.44. The summed E-state index contributed by atoms with van der Waals surface area (Å²) in [6, 6.07) is 7.85. The molecule has 1 aromatic carbocycles. The van der Waals surface area contributed by atoms with Crippen LogP contribution in [-0.2, 0) is 0 Å². The summed E-state index contributed by atoms with van der Waals surface area (Å²) in [7, 11) is 0. The Morgan fingerprint density at radius 1 is 1.22 bits per heavy atom. The van der Waals surface area contributed by atoms with Crippen molar-refractivity contribution in [3.05, 3.63) is 29.8 Å². The minimum Gasteiger partial charge on any atom is -0.491 e. The molecule has 128 valence electrons. The molecule has 0 aromatic heterocycles. The van der Waals surface area contributed by atoms with Gasteiger partial charge in [-0.05, 0) is 52.0 Å². The molecule has 5 nitrogen and oxygen atoms in total. The van der Waals surface area contributed by atoms with Crippen LogP contribution in [0.2, 0.25) is 0 Å². The van der Waals surface area contributed by atoms with Crippen LogP contribution >= 0.6 is 0 Å². The number of β-amino-alcohol motifs (C(OH)–C–C–N with tert-alkyl or cyclic N) is 1. The van der Waals surface area contributed by atoms with Gasteiger partial charge in [0.05, 0.1) is 12.7 Å². The molecule has 1 aliphatic rings. The van der Waals surface area contributed by atoms with Gasteiger partial charge in [0, 0.05) is 37.3 Å². The standard InChI is InChI=1S/C18H28N2O3/c1-13(2)23-17-7-5-16(6-8-17)18(22)19-11-14(3)20(9-10-21)15(4)12-19/h5-8,13-15,21H,9-12H2,1-4H3/t14-,15+. The molecule has 0 spiro atoms. The second-order valence-electron chi connectivity index (χ2n) is 6.56. The Morgan fingerprint density at radius 3 is 2.26 bits per heavy atom. The summed E-state index contributed by atoms with van der Waals surface area (Å²) in [6.07, 6.45) is 0.123. The number of aliphatic hydroxyl groups excluding tert-OH is 1. The maximum atomic E-state index is 12.7. The van der Waals surface area contributed by atoms with E-state index in [-0.39, 0.29) is 30.7 Å². The lowest BCUT2D eigenvalue weighted by molar-refractivity contribution is 0.0236. The molecule has 1 aromatic rings. The molecule has 0 radical (unpaired) electrons. The van der Waals surface area contributed by atoms with Gasteiger partial charge in [0.1, 0.15) is 5.75 Å². The van der Waals surface area contributed by atoms with E-state index in [0.29, 0.717) is 25.2 Å². The number of hydrogen-bond donors (Lipinski definition) is 1. The molecule has 1 N–H and O–H groups in total. The molecule has 0 saturated carbocycles. The minimum atomic E-state index is 0.0587. The van der Waals surface area contributed by atoms with Crippen LogP contribution in [-0.4, -0.2) is 65.2 Å². The normalized spacial score (nSPS) is 22.4. The third-order valence-electron chi connectivity index (χ3n) is 4.22. The van der Waals surface area contributed by atoms with E-state index in [4.69, 9.17) is 9.84 Å². The smallest absolute Gasteiger partial charge is 0.253 e. The van der Waals surface area contributed by atoms with Crippen molar-refractivity contribution in [1.29, 1.82) is 0 Å². The summed E-state index contributed by atoms with van der Waals surface area (Å²) < 4.78 is 5.61. The molecule has 2 rings (SSSR count). The first-order valence-electron chi connectivity index (χ1n) is 8.35. The van der Waals surface area contributed by atoms with Crippen LogP contribution in [0.15, 0.2) is 24.3 Å². The van der Waals surface area contributed by atoms with Gasteiger partial charge in [0.2, 0.25) is 0 Å². The van der Waals surface area contributed by atoms with E-state index in [1.54, 1.807) is 0 Å². The number of piperazine rings is 1. The lowest BCUT2D eigenvalue weighted by Crippen LogP contribution is -2.58. The third kappa shape index (κ3) is 4.45. The van der Waals surface area contributed by atoms with Crippen molar-refractivity contribution < 1.29 is 14.6 Å². The van der Waals surface area contributed by atoms with E-state index in [2.05, 4.69) is 18.7 Å². The molecule has 1 amide bonds. The quantitative estimate of drug-likeness (QED) is 0.901.